The van der Waals surface area contributed by atoms with Gasteiger partial charge in [0.05, 0.1) is 0 Å². The molecule has 1 saturated heterocycles. The third kappa shape index (κ3) is 3.84. The quantitative estimate of drug-likeness (QED) is 0.861. The molecule has 1 N–H and O–H groups in total. The second kappa shape index (κ2) is 8.08. The minimum absolute atomic E-state index is 0.979. The minimum atomic E-state index is 0.979. The number of rotatable bonds is 6. The van der Waals surface area contributed by atoms with Crippen molar-refractivity contribution in [2.45, 2.75) is 58.8 Å². The predicted molar refractivity (Wildman–Crippen MR) is 85.5 cm³/mol. The van der Waals surface area contributed by atoms with E-state index in [0.717, 1.165) is 44.7 Å². The predicted octanol–water partition coefficient (Wildman–Crippen LogP) is 3.63. The van der Waals surface area contributed by atoms with Crippen molar-refractivity contribution in [3.63, 3.8) is 0 Å². The van der Waals surface area contributed by atoms with Gasteiger partial charge in [-0.25, -0.2) is 9.97 Å². The highest BCUT2D eigenvalue weighted by molar-refractivity contribution is 5.59. The fourth-order valence-corrected chi connectivity index (χ4v) is 2.83. The summed E-state index contributed by atoms with van der Waals surface area (Å²) in [5, 5.41) is 3.47. The van der Waals surface area contributed by atoms with Crippen LogP contribution >= 0.6 is 0 Å². The van der Waals surface area contributed by atoms with Gasteiger partial charge >= 0.3 is 0 Å². The molecule has 1 aliphatic heterocycles. The second-order valence-corrected chi connectivity index (χ2v) is 5.60. The van der Waals surface area contributed by atoms with Crippen molar-refractivity contribution in [3.05, 3.63) is 11.9 Å². The standard InChI is InChI=1S/C16H28N4/c1-3-9-14-15(17-10-4-2)18-13-19-16(14)20-11-7-5-6-8-12-20/h13H,3-12H2,1-2H3,(H,17,18,19). The normalized spacial score (nSPS) is 16.0. The summed E-state index contributed by atoms with van der Waals surface area (Å²) in [4.78, 5) is 11.5. The van der Waals surface area contributed by atoms with Crippen LogP contribution in [0.3, 0.4) is 0 Å². The average Bonchev–Trinajstić information content (AvgIpc) is 2.75. The number of aromatic nitrogens is 2. The lowest BCUT2D eigenvalue weighted by Gasteiger charge is -2.25. The smallest absolute Gasteiger partial charge is 0.137 e. The van der Waals surface area contributed by atoms with E-state index in [2.05, 4.69) is 34.0 Å². The summed E-state index contributed by atoms with van der Waals surface area (Å²) in [6.45, 7) is 7.67. The highest BCUT2D eigenvalue weighted by Gasteiger charge is 2.17. The molecule has 0 bridgehead atoms. The minimum Gasteiger partial charge on any atom is -0.370 e. The van der Waals surface area contributed by atoms with Gasteiger partial charge in [0.15, 0.2) is 0 Å². The Morgan fingerprint density at radius 2 is 1.80 bits per heavy atom. The van der Waals surface area contributed by atoms with Gasteiger partial charge in [-0.2, -0.15) is 0 Å². The van der Waals surface area contributed by atoms with Crippen LogP contribution in [-0.4, -0.2) is 29.6 Å². The summed E-state index contributed by atoms with van der Waals surface area (Å²) in [5.74, 6) is 2.21. The van der Waals surface area contributed by atoms with Crippen molar-refractivity contribution in [2.75, 3.05) is 29.9 Å². The first-order valence-corrected chi connectivity index (χ1v) is 8.19. The maximum atomic E-state index is 4.61. The Hall–Kier alpha value is -1.32. The number of nitrogens with one attached hydrogen (secondary N) is 1. The van der Waals surface area contributed by atoms with E-state index in [0.29, 0.717) is 0 Å². The first-order valence-electron chi connectivity index (χ1n) is 8.19. The van der Waals surface area contributed by atoms with Gasteiger partial charge in [-0.05, 0) is 25.7 Å². The molecule has 1 aromatic rings. The van der Waals surface area contributed by atoms with Crippen molar-refractivity contribution >= 4 is 11.6 Å². The maximum absolute atomic E-state index is 4.61. The van der Waals surface area contributed by atoms with Crippen molar-refractivity contribution < 1.29 is 0 Å². The van der Waals surface area contributed by atoms with E-state index < -0.39 is 0 Å². The molecule has 2 heterocycles. The van der Waals surface area contributed by atoms with E-state index in [-0.39, 0.29) is 0 Å². The Labute approximate surface area is 123 Å². The first kappa shape index (κ1) is 15.1. The van der Waals surface area contributed by atoms with Crippen molar-refractivity contribution in [1.29, 1.82) is 0 Å². The van der Waals surface area contributed by atoms with Gasteiger partial charge in [-0.15, -0.1) is 0 Å². The molecule has 4 nitrogen and oxygen atoms in total. The van der Waals surface area contributed by atoms with Crippen LogP contribution in [0.2, 0.25) is 0 Å². The summed E-state index contributed by atoms with van der Waals surface area (Å²) in [6.07, 6.45) is 10.3. The van der Waals surface area contributed by atoms with Crippen molar-refractivity contribution in [2.24, 2.45) is 0 Å². The van der Waals surface area contributed by atoms with Crippen LogP contribution in [0.25, 0.3) is 0 Å². The molecule has 1 aromatic heterocycles. The summed E-state index contributed by atoms with van der Waals surface area (Å²) in [6, 6.07) is 0. The molecule has 0 aliphatic carbocycles. The van der Waals surface area contributed by atoms with E-state index in [4.69, 9.17) is 0 Å². The average molecular weight is 276 g/mol. The molecule has 0 amide bonds. The molecule has 112 valence electrons. The Balaban J connectivity index is 2.24. The lowest BCUT2D eigenvalue weighted by atomic mass is 10.1. The van der Waals surface area contributed by atoms with Crippen LogP contribution in [0.5, 0.6) is 0 Å². The van der Waals surface area contributed by atoms with Gasteiger partial charge < -0.3 is 10.2 Å². The zero-order valence-corrected chi connectivity index (χ0v) is 13.0. The molecule has 0 radical (unpaired) electrons. The zero-order chi connectivity index (χ0) is 14.2. The summed E-state index contributed by atoms with van der Waals surface area (Å²) >= 11 is 0. The SMILES string of the molecule is CCCNc1ncnc(N2CCCCCC2)c1CCC. The van der Waals surface area contributed by atoms with Crippen LogP contribution in [0.15, 0.2) is 6.33 Å². The van der Waals surface area contributed by atoms with Crippen LogP contribution in [0, 0.1) is 0 Å². The molecule has 1 fully saturated rings. The largest absolute Gasteiger partial charge is 0.370 e. The van der Waals surface area contributed by atoms with E-state index in [9.17, 15) is 0 Å². The molecule has 1 aliphatic rings. The molecule has 0 saturated carbocycles. The number of anilines is 2. The maximum Gasteiger partial charge on any atom is 0.137 e. The molecule has 0 unspecified atom stereocenters. The fourth-order valence-electron chi connectivity index (χ4n) is 2.83. The Morgan fingerprint density at radius 3 is 2.45 bits per heavy atom. The van der Waals surface area contributed by atoms with Crippen LogP contribution < -0.4 is 10.2 Å². The number of hydrogen-bond donors (Lipinski definition) is 1. The Kier molecular flexibility index (Phi) is 6.09. The molecule has 0 spiro atoms. The van der Waals surface area contributed by atoms with E-state index in [1.165, 1.54) is 37.1 Å². The van der Waals surface area contributed by atoms with Gasteiger partial charge in [0.25, 0.3) is 0 Å². The Morgan fingerprint density at radius 1 is 1.05 bits per heavy atom. The van der Waals surface area contributed by atoms with Gasteiger partial charge in [0, 0.05) is 25.2 Å². The zero-order valence-electron chi connectivity index (χ0n) is 13.0. The monoisotopic (exact) mass is 276 g/mol. The summed E-state index contributed by atoms with van der Waals surface area (Å²) in [5.41, 5.74) is 1.31. The van der Waals surface area contributed by atoms with E-state index in [1.54, 1.807) is 6.33 Å². The third-order valence-corrected chi connectivity index (χ3v) is 3.87. The van der Waals surface area contributed by atoms with Crippen LogP contribution in [0.4, 0.5) is 11.6 Å². The summed E-state index contributed by atoms with van der Waals surface area (Å²) in [7, 11) is 0. The number of nitrogens with zero attached hydrogens (tertiary/aromatic N) is 3. The van der Waals surface area contributed by atoms with Crippen LogP contribution in [-0.2, 0) is 6.42 Å². The molecule has 0 aromatic carbocycles. The highest BCUT2D eigenvalue weighted by Crippen LogP contribution is 2.27. The van der Waals surface area contributed by atoms with Crippen molar-refractivity contribution in [1.82, 2.24) is 9.97 Å². The topological polar surface area (TPSA) is 41.1 Å². The summed E-state index contributed by atoms with van der Waals surface area (Å²) < 4.78 is 0. The molecule has 4 heteroatoms. The number of hydrogen-bond acceptors (Lipinski definition) is 4. The fraction of sp³-hybridized carbons (Fsp3) is 0.750. The molecule has 2 rings (SSSR count). The molecule has 20 heavy (non-hydrogen) atoms. The molecular formula is C16H28N4. The second-order valence-electron chi connectivity index (χ2n) is 5.60. The highest BCUT2D eigenvalue weighted by atomic mass is 15.2. The van der Waals surface area contributed by atoms with Crippen molar-refractivity contribution in [3.8, 4) is 0 Å². The first-order chi connectivity index (χ1) is 9.86. The van der Waals surface area contributed by atoms with E-state index in [1.807, 2.05) is 0 Å². The van der Waals surface area contributed by atoms with Crippen LogP contribution in [0.1, 0.15) is 57.9 Å². The Bertz CT molecular complexity index is 397. The van der Waals surface area contributed by atoms with E-state index >= 15 is 0 Å². The lowest BCUT2D eigenvalue weighted by Crippen LogP contribution is -2.27. The van der Waals surface area contributed by atoms with Gasteiger partial charge in [-0.1, -0.05) is 33.1 Å². The van der Waals surface area contributed by atoms with Gasteiger partial charge in [0.2, 0.25) is 0 Å². The van der Waals surface area contributed by atoms with Gasteiger partial charge in [0.1, 0.15) is 18.0 Å². The third-order valence-electron chi connectivity index (χ3n) is 3.87. The lowest BCUT2D eigenvalue weighted by molar-refractivity contribution is 0.726. The molecular weight excluding hydrogens is 248 g/mol. The van der Waals surface area contributed by atoms with Gasteiger partial charge in [-0.3, -0.25) is 0 Å². The molecule has 0 atom stereocenters.